The van der Waals surface area contributed by atoms with E-state index in [0.717, 1.165) is 11.1 Å². The number of aryl methyl sites for hydroxylation is 1. The molecule has 0 saturated carbocycles. The maximum absolute atomic E-state index is 9.54. The van der Waals surface area contributed by atoms with Gasteiger partial charge in [-0.05, 0) is 24.1 Å². The van der Waals surface area contributed by atoms with Crippen LogP contribution in [0.5, 0.6) is 5.75 Å². The summed E-state index contributed by atoms with van der Waals surface area (Å²) in [5, 5.41) is 9.54. The molecule has 15 heavy (non-hydrogen) atoms. The summed E-state index contributed by atoms with van der Waals surface area (Å²) in [4.78, 5) is 0.626. The number of rotatable bonds is 1. The van der Waals surface area contributed by atoms with Gasteiger partial charge in [-0.2, -0.15) is 0 Å². The fraction of sp³-hybridized carbons (Fsp3) is 0.0769. The molecule has 0 amide bonds. The van der Waals surface area contributed by atoms with Crippen molar-refractivity contribution in [3.8, 4) is 16.9 Å². The number of hydrogen-bond acceptors (Lipinski definition) is 2. The van der Waals surface area contributed by atoms with Crippen molar-refractivity contribution in [1.82, 2.24) is 0 Å². The van der Waals surface area contributed by atoms with Crippen LogP contribution in [0.15, 0.2) is 47.4 Å². The van der Waals surface area contributed by atoms with Crippen LogP contribution in [-0.4, -0.2) is 5.11 Å². The van der Waals surface area contributed by atoms with Gasteiger partial charge in [0.25, 0.3) is 0 Å². The number of aromatic hydroxyl groups is 1. The molecular weight excluding hydrogens is 204 g/mol. The van der Waals surface area contributed by atoms with Gasteiger partial charge in [-0.1, -0.05) is 42.0 Å². The van der Waals surface area contributed by atoms with E-state index >= 15 is 0 Å². The third-order valence-corrected chi connectivity index (χ3v) is 2.85. The molecule has 2 aromatic carbocycles. The van der Waals surface area contributed by atoms with Crippen LogP contribution >= 0.6 is 12.6 Å². The number of thiol groups is 1. The second-order valence-corrected chi connectivity index (χ2v) is 3.99. The maximum atomic E-state index is 9.54. The number of hydrogen-bond donors (Lipinski definition) is 2. The molecule has 76 valence electrons. The highest BCUT2D eigenvalue weighted by Gasteiger charge is 2.05. The van der Waals surface area contributed by atoms with Crippen LogP contribution in [0, 0.1) is 6.92 Å². The van der Waals surface area contributed by atoms with Crippen LogP contribution in [-0.2, 0) is 0 Å². The Balaban J connectivity index is 2.54. The Hall–Kier alpha value is -1.41. The van der Waals surface area contributed by atoms with E-state index in [1.54, 1.807) is 6.07 Å². The standard InChI is InChI=1S/C13H12OS/c1-9-5-7-10(8-6-9)11-3-2-4-12(14)13(11)15/h2-8,14-15H,1H3. The van der Waals surface area contributed by atoms with Gasteiger partial charge in [0.1, 0.15) is 5.75 Å². The van der Waals surface area contributed by atoms with E-state index in [9.17, 15) is 5.11 Å². The van der Waals surface area contributed by atoms with Crippen molar-refractivity contribution in [2.24, 2.45) is 0 Å². The summed E-state index contributed by atoms with van der Waals surface area (Å²) in [7, 11) is 0. The first-order chi connectivity index (χ1) is 7.18. The molecule has 0 spiro atoms. The predicted octanol–water partition coefficient (Wildman–Crippen LogP) is 3.66. The first kappa shape index (κ1) is 10.1. The average molecular weight is 216 g/mol. The highest BCUT2D eigenvalue weighted by molar-refractivity contribution is 7.80. The molecule has 0 atom stereocenters. The van der Waals surface area contributed by atoms with Crippen LogP contribution in [0.2, 0.25) is 0 Å². The highest BCUT2D eigenvalue weighted by Crippen LogP contribution is 2.32. The van der Waals surface area contributed by atoms with Crippen LogP contribution in [0.1, 0.15) is 5.56 Å². The Kier molecular flexibility index (Phi) is 2.69. The van der Waals surface area contributed by atoms with Crippen molar-refractivity contribution < 1.29 is 5.11 Å². The lowest BCUT2D eigenvalue weighted by atomic mass is 10.0. The first-order valence-electron chi connectivity index (χ1n) is 4.76. The largest absolute Gasteiger partial charge is 0.507 e. The van der Waals surface area contributed by atoms with E-state index in [4.69, 9.17) is 0 Å². The van der Waals surface area contributed by atoms with Crippen molar-refractivity contribution >= 4 is 12.6 Å². The van der Waals surface area contributed by atoms with Crippen molar-refractivity contribution in [2.75, 3.05) is 0 Å². The lowest BCUT2D eigenvalue weighted by molar-refractivity contribution is 0.463. The van der Waals surface area contributed by atoms with Gasteiger partial charge in [0, 0.05) is 0 Å². The summed E-state index contributed by atoms with van der Waals surface area (Å²) in [5.74, 6) is 0.219. The van der Waals surface area contributed by atoms with E-state index in [2.05, 4.69) is 12.6 Å². The number of phenols is 1. The summed E-state index contributed by atoms with van der Waals surface area (Å²) in [6.45, 7) is 2.05. The van der Waals surface area contributed by atoms with Crippen LogP contribution in [0.25, 0.3) is 11.1 Å². The lowest BCUT2D eigenvalue weighted by Crippen LogP contribution is -1.81. The van der Waals surface area contributed by atoms with Gasteiger partial charge >= 0.3 is 0 Å². The number of benzene rings is 2. The lowest BCUT2D eigenvalue weighted by Gasteiger charge is -2.06. The highest BCUT2D eigenvalue weighted by atomic mass is 32.1. The topological polar surface area (TPSA) is 20.2 Å². The van der Waals surface area contributed by atoms with E-state index < -0.39 is 0 Å². The zero-order valence-electron chi connectivity index (χ0n) is 8.44. The predicted molar refractivity (Wildman–Crippen MR) is 65.5 cm³/mol. The Morgan fingerprint density at radius 2 is 1.67 bits per heavy atom. The van der Waals surface area contributed by atoms with Crippen molar-refractivity contribution in [3.05, 3.63) is 48.0 Å². The minimum absolute atomic E-state index is 0.219. The Bertz CT molecular complexity index is 474. The zero-order chi connectivity index (χ0) is 10.8. The molecule has 2 aromatic rings. The van der Waals surface area contributed by atoms with Crippen LogP contribution in [0.4, 0.5) is 0 Å². The first-order valence-corrected chi connectivity index (χ1v) is 5.21. The molecule has 0 saturated heterocycles. The molecule has 0 aliphatic carbocycles. The van der Waals surface area contributed by atoms with Gasteiger partial charge in [-0.15, -0.1) is 12.6 Å². The molecule has 2 rings (SSSR count). The normalized spacial score (nSPS) is 10.3. The maximum Gasteiger partial charge on any atom is 0.129 e. The smallest absolute Gasteiger partial charge is 0.129 e. The molecule has 0 aromatic heterocycles. The van der Waals surface area contributed by atoms with Gasteiger partial charge in [0.05, 0.1) is 4.90 Å². The molecule has 0 bridgehead atoms. The molecule has 0 aliphatic heterocycles. The van der Waals surface area contributed by atoms with E-state index in [1.807, 2.05) is 43.3 Å². The summed E-state index contributed by atoms with van der Waals surface area (Å²) in [6, 6.07) is 13.6. The molecule has 0 aliphatic rings. The summed E-state index contributed by atoms with van der Waals surface area (Å²) >= 11 is 4.30. The third-order valence-electron chi connectivity index (χ3n) is 2.38. The SMILES string of the molecule is Cc1ccc(-c2cccc(O)c2S)cc1. The molecule has 1 nitrogen and oxygen atoms in total. The van der Waals surface area contributed by atoms with Gasteiger partial charge in [-0.3, -0.25) is 0 Å². The van der Waals surface area contributed by atoms with Gasteiger partial charge in [0.2, 0.25) is 0 Å². The summed E-state index contributed by atoms with van der Waals surface area (Å²) in [6.07, 6.45) is 0. The van der Waals surface area contributed by atoms with Gasteiger partial charge in [-0.25, -0.2) is 0 Å². The Labute approximate surface area is 94.8 Å². The Morgan fingerprint density at radius 1 is 1.00 bits per heavy atom. The second-order valence-electron chi connectivity index (χ2n) is 3.54. The Morgan fingerprint density at radius 3 is 2.33 bits per heavy atom. The molecule has 1 N–H and O–H groups in total. The van der Waals surface area contributed by atoms with Gasteiger partial charge < -0.3 is 5.11 Å². The van der Waals surface area contributed by atoms with Crippen LogP contribution in [0.3, 0.4) is 0 Å². The van der Waals surface area contributed by atoms with Gasteiger partial charge in [0.15, 0.2) is 0 Å². The monoisotopic (exact) mass is 216 g/mol. The molecule has 2 heteroatoms. The molecule has 0 fully saturated rings. The average Bonchev–Trinajstić information content (AvgIpc) is 2.24. The molecule has 0 radical (unpaired) electrons. The fourth-order valence-corrected chi connectivity index (χ4v) is 1.78. The van der Waals surface area contributed by atoms with Crippen molar-refractivity contribution in [1.29, 1.82) is 0 Å². The van der Waals surface area contributed by atoms with E-state index in [1.165, 1.54) is 5.56 Å². The minimum Gasteiger partial charge on any atom is -0.507 e. The number of phenolic OH excluding ortho intramolecular Hbond substituents is 1. The molecular formula is C13H12OS. The second kappa shape index (κ2) is 3.99. The van der Waals surface area contributed by atoms with Crippen molar-refractivity contribution in [2.45, 2.75) is 11.8 Å². The zero-order valence-corrected chi connectivity index (χ0v) is 9.33. The minimum atomic E-state index is 0.219. The molecule has 0 unspecified atom stereocenters. The summed E-state index contributed by atoms with van der Waals surface area (Å²) in [5.41, 5.74) is 3.25. The van der Waals surface area contributed by atoms with Crippen molar-refractivity contribution in [3.63, 3.8) is 0 Å². The third kappa shape index (κ3) is 2.00. The fourth-order valence-electron chi connectivity index (χ4n) is 1.50. The summed E-state index contributed by atoms with van der Waals surface area (Å²) < 4.78 is 0. The quantitative estimate of drug-likeness (QED) is 0.697. The van der Waals surface area contributed by atoms with Crippen LogP contribution < -0.4 is 0 Å². The van der Waals surface area contributed by atoms with E-state index in [0.29, 0.717) is 4.90 Å². The molecule has 0 heterocycles. The van der Waals surface area contributed by atoms with E-state index in [-0.39, 0.29) is 5.75 Å².